The highest BCUT2D eigenvalue weighted by Crippen LogP contribution is 2.35. The highest BCUT2D eigenvalue weighted by atomic mass is 32.2. The van der Waals surface area contributed by atoms with Crippen LogP contribution in [-0.2, 0) is 21.4 Å². The number of allylic oxidation sites excluding steroid dienone is 1. The quantitative estimate of drug-likeness (QED) is 0.791. The third-order valence-electron chi connectivity index (χ3n) is 4.15. The first-order valence-electron chi connectivity index (χ1n) is 8.07. The minimum atomic E-state index is -3.72. The maximum atomic E-state index is 12.7. The lowest BCUT2D eigenvalue weighted by Gasteiger charge is -2.09. The normalized spacial score (nSPS) is 13.3. The second-order valence-corrected chi connectivity index (χ2v) is 7.98. The number of amides is 1. The number of anilines is 1. The van der Waals surface area contributed by atoms with Crippen LogP contribution in [0.25, 0.3) is 5.57 Å². The van der Waals surface area contributed by atoms with E-state index in [2.05, 4.69) is 10.0 Å². The molecule has 0 atom stereocenters. The van der Waals surface area contributed by atoms with Crippen LogP contribution in [0.3, 0.4) is 0 Å². The summed E-state index contributed by atoms with van der Waals surface area (Å²) in [4.78, 5) is 12.2. The first-order chi connectivity index (χ1) is 12.3. The molecule has 2 N–H and O–H groups in total. The van der Waals surface area contributed by atoms with Gasteiger partial charge in [0.25, 0.3) is 5.91 Å². The summed E-state index contributed by atoms with van der Waals surface area (Å²) in [7, 11) is -2.16. The fourth-order valence-corrected chi connectivity index (χ4v) is 3.90. The molecule has 136 valence electrons. The van der Waals surface area contributed by atoms with Crippen LogP contribution in [-0.4, -0.2) is 21.4 Å². The lowest BCUT2D eigenvalue weighted by molar-refractivity contribution is -0.110. The number of nitrogens with one attached hydrogen (secondary N) is 2. The molecule has 0 aliphatic carbocycles. The zero-order chi connectivity index (χ0) is 18.9. The highest BCUT2D eigenvalue weighted by molar-refractivity contribution is 7.89. The van der Waals surface area contributed by atoms with Gasteiger partial charge in [0.05, 0.1) is 12.0 Å². The standard InChI is InChI=1S/C19H20N2O4S/c1-12(2)18-16-10-15(7-8-17(16)21-19(18)22)26(23,24)20-11-13-5-4-6-14(9-13)25-3/h4-10,20H,11H2,1-3H3,(H,21,22). The number of carbonyl (C=O) groups is 1. The number of fused-ring (bicyclic) bond motifs is 1. The molecule has 1 amide bonds. The molecular weight excluding hydrogens is 352 g/mol. The van der Waals surface area contributed by atoms with Gasteiger partial charge in [0.1, 0.15) is 5.75 Å². The molecule has 7 heteroatoms. The van der Waals surface area contributed by atoms with Gasteiger partial charge in [0.15, 0.2) is 0 Å². The van der Waals surface area contributed by atoms with Crippen LogP contribution in [0.2, 0.25) is 0 Å². The van der Waals surface area contributed by atoms with Crippen LogP contribution >= 0.6 is 0 Å². The van der Waals surface area contributed by atoms with Crippen molar-refractivity contribution in [1.82, 2.24) is 4.72 Å². The third kappa shape index (κ3) is 3.49. The number of hydrogen-bond acceptors (Lipinski definition) is 4. The Bertz CT molecular complexity index is 1010. The topological polar surface area (TPSA) is 84.5 Å². The molecule has 2 aromatic carbocycles. The van der Waals surface area contributed by atoms with Crippen molar-refractivity contribution in [2.75, 3.05) is 12.4 Å². The minimum Gasteiger partial charge on any atom is -0.497 e. The van der Waals surface area contributed by atoms with Crippen molar-refractivity contribution in [3.8, 4) is 5.75 Å². The molecule has 0 saturated heterocycles. The van der Waals surface area contributed by atoms with Gasteiger partial charge in [0.2, 0.25) is 10.0 Å². The zero-order valence-corrected chi connectivity index (χ0v) is 15.6. The van der Waals surface area contributed by atoms with Gasteiger partial charge in [-0.1, -0.05) is 17.7 Å². The Morgan fingerprint density at radius 1 is 1.15 bits per heavy atom. The van der Waals surface area contributed by atoms with Gasteiger partial charge in [0, 0.05) is 23.4 Å². The molecule has 0 saturated carbocycles. The predicted octanol–water partition coefficient (Wildman–Crippen LogP) is 2.92. The summed E-state index contributed by atoms with van der Waals surface area (Å²) in [5.41, 5.74) is 3.37. The maximum absolute atomic E-state index is 12.7. The van der Waals surface area contributed by atoms with Crippen molar-refractivity contribution in [2.45, 2.75) is 25.3 Å². The number of ether oxygens (including phenoxy) is 1. The number of hydrogen-bond donors (Lipinski definition) is 2. The molecule has 0 aromatic heterocycles. The van der Waals surface area contributed by atoms with Crippen LogP contribution in [0, 0.1) is 0 Å². The number of benzene rings is 2. The van der Waals surface area contributed by atoms with Crippen molar-refractivity contribution in [3.05, 3.63) is 59.2 Å². The van der Waals surface area contributed by atoms with Crippen LogP contribution in [0.4, 0.5) is 5.69 Å². The van der Waals surface area contributed by atoms with Gasteiger partial charge in [-0.25, -0.2) is 13.1 Å². The molecule has 1 aliphatic rings. The van der Waals surface area contributed by atoms with Gasteiger partial charge in [-0.05, 0) is 49.7 Å². The largest absolute Gasteiger partial charge is 0.497 e. The minimum absolute atomic E-state index is 0.120. The highest BCUT2D eigenvalue weighted by Gasteiger charge is 2.27. The second kappa shape index (κ2) is 6.93. The van der Waals surface area contributed by atoms with E-state index < -0.39 is 10.0 Å². The molecule has 0 bridgehead atoms. The maximum Gasteiger partial charge on any atom is 0.256 e. The fourth-order valence-electron chi connectivity index (χ4n) is 2.85. The third-order valence-corrected chi connectivity index (χ3v) is 5.55. The van der Waals surface area contributed by atoms with Crippen LogP contribution < -0.4 is 14.8 Å². The van der Waals surface area contributed by atoms with Crippen molar-refractivity contribution in [3.63, 3.8) is 0 Å². The van der Waals surface area contributed by atoms with Crippen LogP contribution in [0.5, 0.6) is 5.75 Å². The molecule has 0 fully saturated rings. The number of rotatable bonds is 5. The molecule has 1 heterocycles. The number of methoxy groups -OCH3 is 1. The fraction of sp³-hybridized carbons (Fsp3) is 0.211. The van der Waals surface area contributed by atoms with E-state index in [1.165, 1.54) is 12.1 Å². The molecule has 0 spiro atoms. The molecule has 2 aromatic rings. The van der Waals surface area contributed by atoms with Crippen molar-refractivity contribution in [2.24, 2.45) is 0 Å². The molecule has 26 heavy (non-hydrogen) atoms. The SMILES string of the molecule is COc1cccc(CNS(=O)(=O)c2ccc3c(c2)C(=C(C)C)C(=O)N3)c1. The second-order valence-electron chi connectivity index (χ2n) is 6.21. The Balaban J connectivity index is 1.87. The summed E-state index contributed by atoms with van der Waals surface area (Å²) in [6.45, 7) is 3.79. The van der Waals surface area contributed by atoms with Crippen molar-refractivity contribution < 1.29 is 17.9 Å². The first kappa shape index (κ1) is 18.2. The van der Waals surface area contributed by atoms with E-state index >= 15 is 0 Å². The monoisotopic (exact) mass is 372 g/mol. The van der Waals surface area contributed by atoms with E-state index in [-0.39, 0.29) is 17.3 Å². The van der Waals surface area contributed by atoms with Crippen LogP contribution in [0.1, 0.15) is 25.0 Å². The van der Waals surface area contributed by atoms with Crippen molar-refractivity contribution >= 4 is 27.2 Å². The summed E-state index contributed by atoms with van der Waals surface area (Å²) in [5.74, 6) is 0.455. The summed E-state index contributed by atoms with van der Waals surface area (Å²) >= 11 is 0. The average molecular weight is 372 g/mol. The van der Waals surface area contributed by atoms with E-state index in [0.29, 0.717) is 22.6 Å². The Labute approximate surface area is 152 Å². The van der Waals surface area contributed by atoms with E-state index in [0.717, 1.165) is 11.1 Å². The van der Waals surface area contributed by atoms with Gasteiger partial charge in [-0.15, -0.1) is 0 Å². The van der Waals surface area contributed by atoms with E-state index in [1.54, 1.807) is 31.4 Å². The molecular formula is C19H20N2O4S. The average Bonchev–Trinajstić information content (AvgIpc) is 2.95. The zero-order valence-electron chi connectivity index (χ0n) is 14.8. The molecule has 1 aliphatic heterocycles. The predicted molar refractivity (Wildman–Crippen MR) is 100 cm³/mol. The molecule has 3 rings (SSSR count). The Kier molecular flexibility index (Phi) is 4.84. The van der Waals surface area contributed by atoms with Gasteiger partial charge in [-0.3, -0.25) is 4.79 Å². The Morgan fingerprint density at radius 3 is 2.62 bits per heavy atom. The molecule has 6 nitrogen and oxygen atoms in total. The first-order valence-corrected chi connectivity index (χ1v) is 9.56. The summed E-state index contributed by atoms with van der Waals surface area (Å²) < 4.78 is 33.0. The number of carbonyl (C=O) groups excluding carboxylic acids is 1. The van der Waals surface area contributed by atoms with Crippen LogP contribution in [0.15, 0.2) is 52.9 Å². The summed E-state index contributed by atoms with van der Waals surface area (Å²) in [6, 6.07) is 11.8. The van der Waals surface area contributed by atoms with E-state index in [1.807, 2.05) is 19.9 Å². The molecule has 0 radical (unpaired) electrons. The van der Waals surface area contributed by atoms with Gasteiger partial charge < -0.3 is 10.1 Å². The molecule has 0 unspecified atom stereocenters. The number of sulfonamides is 1. The summed E-state index contributed by atoms with van der Waals surface area (Å²) in [5, 5.41) is 2.75. The smallest absolute Gasteiger partial charge is 0.256 e. The van der Waals surface area contributed by atoms with Crippen molar-refractivity contribution in [1.29, 1.82) is 0 Å². The van der Waals surface area contributed by atoms with Gasteiger partial charge in [-0.2, -0.15) is 0 Å². The van der Waals surface area contributed by atoms with Gasteiger partial charge >= 0.3 is 0 Å². The van der Waals surface area contributed by atoms with E-state index in [9.17, 15) is 13.2 Å². The lowest BCUT2D eigenvalue weighted by atomic mass is 10.0. The Hall–Kier alpha value is -2.64. The van der Waals surface area contributed by atoms with E-state index in [4.69, 9.17) is 4.74 Å². The lowest BCUT2D eigenvalue weighted by Crippen LogP contribution is -2.23. The Morgan fingerprint density at radius 2 is 1.92 bits per heavy atom. The summed E-state index contributed by atoms with van der Waals surface area (Å²) in [6.07, 6.45) is 0.